The summed E-state index contributed by atoms with van der Waals surface area (Å²) in [6.45, 7) is 9.18. The zero-order valence-electron chi connectivity index (χ0n) is 22.6. The summed E-state index contributed by atoms with van der Waals surface area (Å²) in [6.07, 6.45) is 3.18. The van der Waals surface area contributed by atoms with Crippen molar-refractivity contribution >= 4 is 17.7 Å². The first-order valence-electron chi connectivity index (χ1n) is 13.0. The summed E-state index contributed by atoms with van der Waals surface area (Å²) in [5, 5.41) is 6.78. The Hall–Kier alpha value is -4.28. The maximum absolute atomic E-state index is 13.2. The molecule has 2 saturated heterocycles. The van der Waals surface area contributed by atoms with Gasteiger partial charge in [-0.2, -0.15) is 4.98 Å². The van der Waals surface area contributed by atoms with Crippen molar-refractivity contribution in [3.05, 3.63) is 53.5 Å². The standard InChI is InChI=1S/C28H32N6O5/c1-17-30-27(39-32-17)19-9-10-23(29-14-19)38-22-12-18(7-8-20(22)15-33-11-5-6-24(33)35)26(37)31-21-13-25(36)34(16-21)28(2,3)4/h7-10,12,14,21H,5-6,11,13,15-16H2,1-4H3,(H,31,37). The van der Waals surface area contributed by atoms with Crippen molar-refractivity contribution in [3.8, 4) is 23.1 Å². The minimum absolute atomic E-state index is 0.0210. The van der Waals surface area contributed by atoms with Crippen LogP contribution in [0.3, 0.4) is 0 Å². The lowest BCUT2D eigenvalue weighted by molar-refractivity contribution is -0.131. The number of rotatable bonds is 7. The smallest absolute Gasteiger partial charge is 0.259 e. The molecule has 0 saturated carbocycles. The summed E-state index contributed by atoms with van der Waals surface area (Å²) in [7, 11) is 0. The van der Waals surface area contributed by atoms with Gasteiger partial charge < -0.3 is 24.4 Å². The number of carbonyl (C=O) groups is 3. The van der Waals surface area contributed by atoms with E-state index in [-0.39, 0.29) is 35.7 Å². The van der Waals surface area contributed by atoms with Gasteiger partial charge in [0.1, 0.15) is 5.75 Å². The van der Waals surface area contributed by atoms with Crippen LogP contribution in [0.25, 0.3) is 11.5 Å². The van der Waals surface area contributed by atoms with Crippen LogP contribution in [0, 0.1) is 6.92 Å². The lowest BCUT2D eigenvalue weighted by Gasteiger charge is -2.32. The zero-order chi connectivity index (χ0) is 27.7. The van der Waals surface area contributed by atoms with Crippen LogP contribution in [0.5, 0.6) is 11.6 Å². The molecule has 0 bridgehead atoms. The number of aryl methyl sites for hydroxylation is 1. The number of pyridine rings is 1. The molecule has 2 aliphatic rings. The second-order valence-corrected chi connectivity index (χ2v) is 10.9. The molecule has 2 aliphatic heterocycles. The Morgan fingerprint density at radius 2 is 2.00 bits per heavy atom. The third kappa shape index (κ3) is 5.92. The highest BCUT2D eigenvalue weighted by molar-refractivity contribution is 5.95. The summed E-state index contributed by atoms with van der Waals surface area (Å²) < 4.78 is 11.3. The summed E-state index contributed by atoms with van der Waals surface area (Å²) in [6, 6.07) is 8.32. The fourth-order valence-corrected chi connectivity index (χ4v) is 4.81. The molecule has 1 unspecified atom stereocenters. The van der Waals surface area contributed by atoms with Crippen LogP contribution in [0.15, 0.2) is 41.1 Å². The number of carbonyl (C=O) groups excluding carboxylic acids is 3. The van der Waals surface area contributed by atoms with E-state index in [9.17, 15) is 14.4 Å². The van der Waals surface area contributed by atoms with Crippen LogP contribution in [-0.4, -0.2) is 67.3 Å². The van der Waals surface area contributed by atoms with E-state index in [1.807, 2.05) is 20.8 Å². The van der Waals surface area contributed by atoms with Gasteiger partial charge in [0.15, 0.2) is 5.82 Å². The van der Waals surface area contributed by atoms with Gasteiger partial charge in [-0.05, 0) is 52.3 Å². The van der Waals surface area contributed by atoms with Crippen LogP contribution >= 0.6 is 0 Å². The normalized spacial score (nSPS) is 17.7. The van der Waals surface area contributed by atoms with E-state index in [0.717, 1.165) is 12.0 Å². The Labute approximate surface area is 226 Å². The predicted octanol–water partition coefficient (Wildman–Crippen LogP) is 3.48. The number of hydrogen-bond acceptors (Lipinski definition) is 8. The first-order valence-corrected chi connectivity index (χ1v) is 13.0. The highest BCUT2D eigenvalue weighted by Gasteiger charge is 2.37. The molecule has 2 aromatic heterocycles. The third-order valence-corrected chi connectivity index (χ3v) is 6.86. The van der Waals surface area contributed by atoms with E-state index in [2.05, 4.69) is 20.4 Å². The molecule has 204 valence electrons. The average Bonchev–Trinajstić information content (AvgIpc) is 3.60. The molecule has 3 aromatic rings. The van der Waals surface area contributed by atoms with Gasteiger partial charge in [0.25, 0.3) is 11.8 Å². The fraction of sp³-hybridized carbons (Fsp3) is 0.429. The molecule has 0 spiro atoms. The van der Waals surface area contributed by atoms with Crippen molar-refractivity contribution in [3.63, 3.8) is 0 Å². The summed E-state index contributed by atoms with van der Waals surface area (Å²) in [4.78, 5) is 50.1. The van der Waals surface area contributed by atoms with Gasteiger partial charge in [0, 0.05) is 61.4 Å². The molecule has 4 heterocycles. The van der Waals surface area contributed by atoms with Gasteiger partial charge in [-0.3, -0.25) is 14.4 Å². The number of benzene rings is 1. The largest absolute Gasteiger partial charge is 0.439 e. The molecule has 2 fully saturated rings. The minimum Gasteiger partial charge on any atom is -0.439 e. The first-order chi connectivity index (χ1) is 18.6. The SMILES string of the molecule is Cc1noc(-c2ccc(Oc3cc(C(=O)NC4CC(=O)N(C(C)(C)C)C4)ccc3CN3CCCC3=O)nc2)n1. The van der Waals surface area contributed by atoms with Crippen molar-refractivity contribution in [1.29, 1.82) is 0 Å². The van der Waals surface area contributed by atoms with Crippen molar-refractivity contribution in [2.45, 2.75) is 65.1 Å². The monoisotopic (exact) mass is 532 g/mol. The average molecular weight is 533 g/mol. The molecule has 0 aliphatic carbocycles. The van der Waals surface area contributed by atoms with Gasteiger partial charge in [0.05, 0.1) is 11.6 Å². The van der Waals surface area contributed by atoms with Crippen LogP contribution in [0.4, 0.5) is 0 Å². The molecule has 39 heavy (non-hydrogen) atoms. The van der Waals surface area contributed by atoms with Crippen LogP contribution < -0.4 is 10.1 Å². The van der Waals surface area contributed by atoms with Gasteiger partial charge in [0.2, 0.25) is 17.7 Å². The molecule has 11 heteroatoms. The van der Waals surface area contributed by atoms with Crippen molar-refractivity contribution in [1.82, 2.24) is 30.2 Å². The molecule has 3 amide bonds. The van der Waals surface area contributed by atoms with Gasteiger partial charge in [-0.15, -0.1) is 0 Å². The minimum atomic E-state index is -0.308. The lowest BCUT2D eigenvalue weighted by Crippen LogP contribution is -2.44. The summed E-state index contributed by atoms with van der Waals surface area (Å²) in [5.74, 6) is 1.43. The van der Waals surface area contributed by atoms with Crippen LogP contribution in [0.2, 0.25) is 0 Å². The summed E-state index contributed by atoms with van der Waals surface area (Å²) in [5.41, 5.74) is 1.49. The molecule has 0 radical (unpaired) electrons. The van der Waals surface area contributed by atoms with Crippen LogP contribution in [0.1, 0.15) is 61.8 Å². The van der Waals surface area contributed by atoms with E-state index in [1.165, 1.54) is 0 Å². The zero-order valence-corrected chi connectivity index (χ0v) is 22.6. The van der Waals surface area contributed by atoms with Gasteiger partial charge in [-0.25, -0.2) is 4.98 Å². The molecule has 1 N–H and O–H groups in total. The van der Waals surface area contributed by atoms with E-state index >= 15 is 0 Å². The number of nitrogens with zero attached hydrogens (tertiary/aromatic N) is 5. The number of hydrogen-bond donors (Lipinski definition) is 1. The fourth-order valence-electron chi connectivity index (χ4n) is 4.81. The lowest BCUT2D eigenvalue weighted by atomic mass is 10.1. The topological polar surface area (TPSA) is 131 Å². The van der Waals surface area contributed by atoms with Crippen molar-refractivity contribution in [2.24, 2.45) is 0 Å². The quantitative estimate of drug-likeness (QED) is 0.489. The van der Waals surface area contributed by atoms with E-state index < -0.39 is 0 Å². The predicted molar refractivity (Wildman–Crippen MR) is 141 cm³/mol. The second-order valence-electron chi connectivity index (χ2n) is 10.9. The Morgan fingerprint density at radius 1 is 1.18 bits per heavy atom. The van der Waals surface area contributed by atoms with E-state index in [4.69, 9.17) is 9.26 Å². The Kier molecular flexibility index (Phi) is 7.07. The Bertz CT molecular complexity index is 1390. The number of aromatic nitrogens is 3. The number of likely N-dealkylation sites (tertiary alicyclic amines) is 2. The molecule has 1 atom stereocenters. The van der Waals surface area contributed by atoms with Crippen LogP contribution in [-0.2, 0) is 16.1 Å². The Balaban J connectivity index is 1.36. The van der Waals surface area contributed by atoms with Gasteiger partial charge in [-0.1, -0.05) is 11.2 Å². The Morgan fingerprint density at radius 3 is 2.62 bits per heavy atom. The molecule has 1 aromatic carbocycles. The number of ether oxygens (including phenoxy) is 1. The second kappa shape index (κ2) is 10.5. The number of nitrogens with one attached hydrogen (secondary N) is 1. The third-order valence-electron chi connectivity index (χ3n) is 6.86. The van der Waals surface area contributed by atoms with E-state index in [0.29, 0.717) is 60.5 Å². The maximum atomic E-state index is 13.2. The van der Waals surface area contributed by atoms with Crippen molar-refractivity contribution < 1.29 is 23.6 Å². The van der Waals surface area contributed by atoms with Gasteiger partial charge >= 0.3 is 0 Å². The molecular weight excluding hydrogens is 500 g/mol. The highest BCUT2D eigenvalue weighted by Crippen LogP contribution is 2.30. The molecule has 11 nitrogen and oxygen atoms in total. The summed E-state index contributed by atoms with van der Waals surface area (Å²) >= 11 is 0. The van der Waals surface area contributed by atoms with Crippen molar-refractivity contribution in [2.75, 3.05) is 13.1 Å². The number of amides is 3. The molecule has 5 rings (SSSR count). The first kappa shape index (κ1) is 26.3. The maximum Gasteiger partial charge on any atom is 0.259 e. The highest BCUT2D eigenvalue weighted by atomic mass is 16.5. The molecular formula is C28H32N6O5. The van der Waals surface area contributed by atoms with E-state index in [1.54, 1.807) is 53.3 Å².